The highest BCUT2D eigenvalue weighted by molar-refractivity contribution is 7.99. The zero-order valence-electron chi connectivity index (χ0n) is 16.9. The maximum absolute atomic E-state index is 12.5. The molecular formula is C22H25ClN4OS. The molecule has 2 aromatic carbocycles. The molecule has 0 saturated carbocycles. The predicted molar refractivity (Wildman–Crippen MR) is 119 cm³/mol. The van der Waals surface area contributed by atoms with Gasteiger partial charge in [-0.2, -0.15) is 0 Å². The summed E-state index contributed by atoms with van der Waals surface area (Å²) >= 11 is 7.49. The second kappa shape index (κ2) is 9.94. The van der Waals surface area contributed by atoms with E-state index in [0.29, 0.717) is 5.02 Å². The number of hydrogen-bond acceptors (Lipinski definition) is 4. The lowest BCUT2D eigenvalue weighted by Crippen LogP contribution is -2.29. The van der Waals surface area contributed by atoms with Gasteiger partial charge < -0.3 is 9.88 Å². The van der Waals surface area contributed by atoms with E-state index in [1.54, 1.807) is 0 Å². The summed E-state index contributed by atoms with van der Waals surface area (Å²) < 4.78 is 2.04. The van der Waals surface area contributed by atoms with Crippen LogP contribution >= 0.6 is 23.4 Å². The minimum absolute atomic E-state index is 0.0374. The van der Waals surface area contributed by atoms with E-state index in [1.807, 2.05) is 47.9 Å². The predicted octanol–water partition coefficient (Wildman–Crippen LogP) is 5.29. The smallest absolute Gasteiger partial charge is 0.230 e. The Morgan fingerprint density at radius 3 is 2.66 bits per heavy atom. The molecule has 3 aromatic rings. The first-order chi connectivity index (χ1) is 14.0. The van der Waals surface area contributed by atoms with Gasteiger partial charge in [0.15, 0.2) is 11.0 Å². The van der Waals surface area contributed by atoms with Crippen molar-refractivity contribution in [3.8, 4) is 11.4 Å². The summed E-state index contributed by atoms with van der Waals surface area (Å²) in [5.41, 5.74) is 3.22. The molecule has 1 N–H and O–H groups in total. The summed E-state index contributed by atoms with van der Waals surface area (Å²) in [5.74, 6) is 1.07. The fourth-order valence-corrected chi connectivity index (χ4v) is 4.20. The molecule has 0 aliphatic heterocycles. The number of carbonyl (C=O) groups is 1. The molecule has 0 aliphatic carbocycles. The van der Waals surface area contributed by atoms with Gasteiger partial charge in [0.1, 0.15) is 0 Å². The van der Waals surface area contributed by atoms with Crippen LogP contribution < -0.4 is 5.32 Å². The molecule has 0 radical (unpaired) electrons. The molecule has 152 valence electrons. The average Bonchev–Trinajstić information content (AvgIpc) is 3.13. The third-order valence-corrected chi connectivity index (χ3v) is 5.84. The summed E-state index contributed by atoms with van der Waals surface area (Å²) in [5, 5.41) is 13.2. The minimum Gasteiger partial charge on any atom is -0.349 e. The van der Waals surface area contributed by atoms with E-state index in [1.165, 1.54) is 17.3 Å². The van der Waals surface area contributed by atoms with Crippen molar-refractivity contribution in [1.29, 1.82) is 0 Å². The van der Waals surface area contributed by atoms with Crippen LogP contribution in [0.1, 0.15) is 37.4 Å². The van der Waals surface area contributed by atoms with Gasteiger partial charge >= 0.3 is 0 Å². The van der Waals surface area contributed by atoms with Crippen molar-refractivity contribution in [2.75, 3.05) is 5.75 Å². The Morgan fingerprint density at radius 1 is 1.17 bits per heavy atom. The first-order valence-corrected chi connectivity index (χ1v) is 11.1. The van der Waals surface area contributed by atoms with Gasteiger partial charge in [0, 0.05) is 17.1 Å². The van der Waals surface area contributed by atoms with Crippen LogP contribution in [-0.4, -0.2) is 26.4 Å². The number of carbonyl (C=O) groups excluding carboxylic acids is 1. The number of hydrogen-bond donors (Lipinski definition) is 1. The van der Waals surface area contributed by atoms with E-state index >= 15 is 0 Å². The molecule has 1 heterocycles. The first-order valence-electron chi connectivity index (χ1n) is 9.69. The summed E-state index contributed by atoms with van der Waals surface area (Å²) in [7, 11) is 0. The molecule has 0 saturated heterocycles. The third kappa shape index (κ3) is 5.40. The number of nitrogens with zero attached hydrogens (tertiary/aromatic N) is 3. The molecule has 0 fully saturated rings. The Labute approximate surface area is 180 Å². The molecule has 1 amide bonds. The Balaban J connectivity index is 1.67. The zero-order chi connectivity index (χ0) is 20.8. The number of nitrogens with one attached hydrogen (secondary N) is 1. The van der Waals surface area contributed by atoms with Crippen molar-refractivity contribution < 1.29 is 4.79 Å². The van der Waals surface area contributed by atoms with Crippen LogP contribution in [0.5, 0.6) is 0 Å². The molecule has 7 heteroatoms. The Bertz CT molecular complexity index is 988. The number of rotatable bonds is 8. The number of benzene rings is 2. The highest BCUT2D eigenvalue weighted by atomic mass is 35.5. The number of aryl methyl sites for hydroxylation is 1. The molecule has 1 unspecified atom stereocenters. The van der Waals surface area contributed by atoms with Crippen molar-refractivity contribution in [3.05, 3.63) is 64.7 Å². The van der Waals surface area contributed by atoms with Gasteiger partial charge in [-0.05, 0) is 44.0 Å². The monoisotopic (exact) mass is 428 g/mol. The standard InChI is InChI=1S/C22H25ClN4OS/c1-4-19(16-9-7-11-18(23)13-16)24-20(28)14-29-22-26-25-21(27(22)5-2)17-10-6-8-15(3)12-17/h6-13,19H,4-5,14H2,1-3H3,(H,24,28). The van der Waals surface area contributed by atoms with E-state index in [4.69, 9.17) is 11.6 Å². The second-order valence-corrected chi connectivity index (χ2v) is 8.17. The van der Waals surface area contributed by atoms with Crippen LogP contribution in [0, 0.1) is 6.92 Å². The second-order valence-electron chi connectivity index (χ2n) is 6.79. The summed E-state index contributed by atoms with van der Waals surface area (Å²) in [6, 6.07) is 15.7. The summed E-state index contributed by atoms with van der Waals surface area (Å²) in [6.07, 6.45) is 0.791. The van der Waals surface area contributed by atoms with Gasteiger partial charge in [-0.1, -0.05) is 66.2 Å². The lowest BCUT2D eigenvalue weighted by Gasteiger charge is -2.17. The van der Waals surface area contributed by atoms with Crippen LogP contribution in [0.4, 0.5) is 0 Å². The lowest BCUT2D eigenvalue weighted by molar-refractivity contribution is -0.119. The summed E-state index contributed by atoms with van der Waals surface area (Å²) in [4.78, 5) is 12.5. The quantitative estimate of drug-likeness (QED) is 0.495. The third-order valence-electron chi connectivity index (χ3n) is 4.64. The van der Waals surface area contributed by atoms with Crippen LogP contribution in [0.15, 0.2) is 53.7 Å². The van der Waals surface area contributed by atoms with Crippen molar-refractivity contribution in [1.82, 2.24) is 20.1 Å². The maximum atomic E-state index is 12.5. The highest BCUT2D eigenvalue weighted by Crippen LogP contribution is 2.25. The van der Waals surface area contributed by atoms with Crippen molar-refractivity contribution in [3.63, 3.8) is 0 Å². The minimum atomic E-state index is -0.0614. The molecule has 1 atom stereocenters. The van der Waals surface area contributed by atoms with Crippen molar-refractivity contribution >= 4 is 29.3 Å². The first kappa shape index (κ1) is 21.4. The van der Waals surface area contributed by atoms with Crippen molar-refractivity contribution in [2.24, 2.45) is 0 Å². The van der Waals surface area contributed by atoms with Gasteiger partial charge in [0.25, 0.3) is 0 Å². The van der Waals surface area contributed by atoms with Crippen LogP contribution in [0.25, 0.3) is 11.4 Å². The number of aromatic nitrogens is 3. The Morgan fingerprint density at radius 2 is 1.97 bits per heavy atom. The van der Waals surface area contributed by atoms with E-state index < -0.39 is 0 Å². The summed E-state index contributed by atoms with van der Waals surface area (Å²) in [6.45, 7) is 6.89. The van der Waals surface area contributed by atoms with Crippen LogP contribution in [-0.2, 0) is 11.3 Å². The number of thioether (sulfide) groups is 1. The highest BCUT2D eigenvalue weighted by Gasteiger charge is 2.17. The van der Waals surface area contributed by atoms with E-state index in [-0.39, 0.29) is 17.7 Å². The Hall–Kier alpha value is -2.31. The number of amides is 1. The molecule has 0 bridgehead atoms. The topological polar surface area (TPSA) is 59.8 Å². The van der Waals surface area contributed by atoms with Gasteiger partial charge in [0.05, 0.1) is 11.8 Å². The number of halogens is 1. The van der Waals surface area contributed by atoms with E-state index in [2.05, 4.69) is 41.5 Å². The lowest BCUT2D eigenvalue weighted by atomic mass is 10.0. The largest absolute Gasteiger partial charge is 0.349 e. The Kier molecular flexibility index (Phi) is 7.34. The molecule has 29 heavy (non-hydrogen) atoms. The molecular weight excluding hydrogens is 404 g/mol. The van der Waals surface area contributed by atoms with E-state index in [9.17, 15) is 4.79 Å². The molecule has 0 spiro atoms. The normalized spacial score (nSPS) is 12.0. The van der Waals surface area contributed by atoms with Crippen LogP contribution in [0.3, 0.4) is 0 Å². The van der Waals surface area contributed by atoms with Gasteiger partial charge in [-0.3, -0.25) is 4.79 Å². The average molecular weight is 429 g/mol. The molecule has 5 nitrogen and oxygen atoms in total. The van der Waals surface area contributed by atoms with Crippen LogP contribution in [0.2, 0.25) is 5.02 Å². The zero-order valence-corrected chi connectivity index (χ0v) is 18.4. The van der Waals surface area contributed by atoms with E-state index in [0.717, 1.165) is 35.1 Å². The fourth-order valence-electron chi connectivity index (χ4n) is 3.19. The molecule has 3 rings (SSSR count). The van der Waals surface area contributed by atoms with Gasteiger partial charge in [0.2, 0.25) is 5.91 Å². The van der Waals surface area contributed by atoms with Gasteiger partial charge in [-0.25, -0.2) is 0 Å². The molecule has 1 aromatic heterocycles. The molecule has 0 aliphatic rings. The van der Waals surface area contributed by atoms with Crippen molar-refractivity contribution in [2.45, 2.75) is 44.9 Å². The maximum Gasteiger partial charge on any atom is 0.230 e. The fraction of sp³-hybridized carbons (Fsp3) is 0.318. The SMILES string of the molecule is CCC(NC(=O)CSc1nnc(-c2cccc(C)c2)n1CC)c1cccc(Cl)c1. The van der Waals surface area contributed by atoms with Gasteiger partial charge in [-0.15, -0.1) is 10.2 Å².